The minimum absolute atomic E-state index is 0.000904. The van der Waals surface area contributed by atoms with Gasteiger partial charge in [0.25, 0.3) is 0 Å². The number of benzene rings is 2. The van der Waals surface area contributed by atoms with Crippen molar-refractivity contribution in [3.05, 3.63) is 68.8 Å². The molecule has 0 atom stereocenters. The van der Waals surface area contributed by atoms with E-state index in [9.17, 15) is 9.59 Å². The van der Waals surface area contributed by atoms with Gasteiger partial charge in [-0.1, -0.05) is 67.5 Å². The first-order valence-corrected chi connectivity index (χ1v) is 12.5. The molecule has 0 saturated carbocycles. The van der Waals surface area contributed by atoms with Gasteiger partial charge in [0.1, 0.15) is 0 Å². The minimum Gasteiger partial charge on any atom is -0.295 e. The van der Waals surface area contributed by atoms with Gasteiger partial charge in [-0.05, 0) is 94.9 Å². The molecular formula is C31H40O2. The standard InChI is InChI=1S/C31H40O2/c1-17(2)21-11-25-27(13-23(21)19(5)32)31(15-29(25,7)8)16-30(9,10)26-12-22(18(3)4)24(20(6)33)14-28(26)31/h11-14,17-18H,15-16H2,1-10H3. The lowest BCUT2D eigenvalue weighted by Crippen LogP contribution is -2.27. The summed E-state index contributed by atoms with van der Waals surface area (Å²) in [6, 6.07) is 9.09. The lowest BCUT2D eigenvalue weighted by Gasteiger charge is -2.31. The molecule has 176 valence electrons. The van der Waals surface area contributed by atoms with Crippen LogP contribution in [0, 0.1) is 0 Å². The Kier molecular flexibility index (Phi) is 5.36. The van der Waals surface area contributed by atoms with Crippen LogP contribution < -0.4 is 0 Å². The number of hydrogen-bond donors (Lipinski definition) is 0. The maximum atomic E-state index is 12.7. The molecule has 0 fully saturated rings. The predicted octanol–water partition coefficient (Wildman–Crippen LogP) is 7.99. The van der Waals surface area contributed by atoms with E-state index in [2.05, 4.69) is 79.7 Å². The Bertz CT molecular complexity index is 1080. The monoisotopic (exact) mass is 444 g/mol. The van der Waals surface area contributed by atoms with Crippen molar-refractivity contribution in [2.75, 3.05) is 0 Å². The second-order valence-corrected chi connectivity index (χ2v) is 12.6. The van der Waals surface area contributed by atoms with Crippen LogP contribution >= 0.6 is 0 Å². The van der Waals surface area contributed by atoms with Gasteiger partial charge in [0, 0.05) is 16.5 Å². The Morgan fingerprint density at radius 2 is 0.970 bits per heavy atom. The summed E-state index contributed by atoms with van der Waals surface area (Å²) in [4.78, 5) is 25.5. The lowest BCUT2D eigenvalue weighted by atomic mass is 9.72. The highest BCUT2D eigenvalue weighted by Gasteiger charge is 2.56. The fraction of sp³-hybridized carbons (Fsp3) is 0.548. The van der Waals surface area contributed by atoms with Crippen LogP contribution in [0.25, 0.3) is 0 Å². The smallest absolute Gasteiger partial charge is 0.160 e. The molecule has 2 nitrogen and oxygen atoms in total. The van der Waals surface area contributed by atoms with Crippen LogP contribution in [0.15, 0.2) is 24.3 Å². The van der Waals surface area contributed by atoms with Crippen LogP contribution in [-0.4, -0.2) is 11.6 Å². The summed E-state index contributed by atoms with van der Waals surface area (Å²) in [7, 11) is 0. The Balaban J connectivity index is 2.09. The van der Waals surface area contributed by atoms with E-state index < -0.39 is 0 Å². The zero-order valence-electron chi connectivity index (χ0n) is 22.2. The Hall–Kier alpha value is -2.22. The van der Waals surface area contributed by atoms with Crippen molar-refractivity contribution >= 4 is 11.6 Å². The second kappa shape index (κ2) is 7.39. The Morgan fingerprint density at radius 3 is 1.24 bits per heavy atom. The fourth-order valence-corrected chi connectivity index (χ4v) is 7.00. The van der Waals surface area contributed by atoms with Crippen molar-refractivity contribution in [2.45, 2.75) is 110 Å². The third kappa shape index (κ3) is 3.44. The second-order valence-electron chi connectivity index (χ2n) is 12.6. The van der Waals surface area contributed by atoms with Gasteiger partial charge < -0.3 is 0 Å². The Morgan fingerprint density at radius 1 is 0.636 bits per heavy atom. The van der Waals surface area contributed by atoms with Crippen LogP contribution in [0.3, 0.4) is 0 Å². The van der Waals surface area contributed by atoms with E-state index in [0.717, 1.165) is 35.1 Å². The van der Waals surface area contributed by atoms with E-state index in [1.54, 1.807) is 13.8 Å². The number of fused-ring (bicyclic) bond motifs is 4. The number of Topliss-reactive ketones (excluding diaryl/α,β-unsaturated/α-hetero) is 2. The first-order valence-electron chi connectivity index (χ1n) is 12.5. The van der Waals surface area contributed by atoms with E-state index in [1.807, 2.05) is 0 Å². The molecule has 0 unspecified atom stereocenters. The van der Waals surface area contributed by atoms with Crippen molar-refractivity contribution in [3.8, 4) is 0 Å². The summed E-state index contributed by atoms with van der Waals surface area (Å²) in [6.45, 7) is 21.5. The highest BCUT2D eigenvalue weighted by Crippen LogP contribution is 2.63. The molecule has 0 amide bonds. The third-order valence-corrected chi connectivity index (χ3v) is 8.36. The van der Waals surface area contributed by atoms with Crippen LogP contribution in [0.5, 0.6) is 0 Å². The van der Waals surface area contributed by atoms with Crippen LogP contribution in [0.2, 0.25) is 0 Å². The van der Waals surface area contributed by atoms with Gasteiger partial charge in [0.15, 0.2) is 11.6 Å². The summed E-state index contributed by atoms with van der Waals surface area (Å²) in [6.07, 6.45) is 2.01. The number of rotatable bonds is 4. The van der Waals surface area contributed by atoms with Gasteiger partial charge in [-0.2, -0.15) is 0 Å². The minimum atomic E-state index is -0.170. The maximum Gasteiger partial charge on any atom is 0.160 e. The highest BCUT2D eigenvalue weighted by molar-refractivity contribution is 5.97. The van der Waals surface area contributed by atoms with Crippen molar-refractivity contribution in [1.82, 2.24) is 0 Å². The zero-order valence-corrected chi connectivity index (χ0v) is 22.2. The molecule has 0 aliphatic heterocycles. The van der Waals surface area contributed by atoms with Crippen molar-refractivity contribution in [2.24, 2.45) is 0 Å². The largest absolute Gasteiger partial charge is 0.295 e. The molecule has 2 aliphatic rings. The first-order chi connectivity index (χ1) is 15.1. The average molecular weight is 445 g/mol. The number of carbonyl (C=O) groups is 2. The fourth-order valence-electron chi connectivity index (χ4n) is 7.00. The third-order valence-electron chi connectivity index (χ3n) is 8.36. The SMILES string of the molecule is CC(=O)c1cc2c(cc1C(C)C)C(C)(C)CC21CC(C)(C)c2cc(C(C)C)c(C(C)=O)cc21. The molecule has 1 spiro atoms. The van der Waals surface area contributed by atoms with Crippen molar-refractivity contribution < 1.29 is 9.59 Å². The molecule has 0 aromatic heterocycles. The zero-order chi connectivity index (χ0) is 24.7. The molecule has 0 N–H and O–H groups in total. The molecule has 2 aliphatic carbocycles. The number of hydrogen-bond acceptors (Lipinski definition) is 2. The van der Waals surface area contributed by atoms with Crippen molar-refractivity contribution in [1.29, 1.82) is 0 Å². The van der Waals surface area contributed by atoms with Gasteiger partial charge >= 0.3 is 0 Å². The molecule has 2 aromatic carbocycles. The summed E-state index contributed by atoms with van der Waals surface area (Å²) >= 11 is 0. The van der Waals surface area contributed by atoms with Crippen molar-refractivity contribution in [3.63, 3.8) is 0 Å². The van der Waals surface area contributed by atoms with Gasteiger partial charge in [-0.25, -0.2) is 0 Å². The lowest BCUT2D eigenvalue weighted by molar-refractivity contribution is 0.100. The van der Waals surface area contributed by atoms with Crippen LogP contribution in [0.4, 0.5) is 0 Å². The van der Waals surface area contributed by atoms with E-state index in [-0.39, 0.29) is 27.8 Å². The highest BCUT2D eigenvalue weighted by atomic mass is 16.1. The van der Waals surface area contributed by atoms with Gasteiger partial charge in [-0.15, -0.1) is 0 Å². The molecular weight excluding hydrogens is 404 g/mol. The maximum absolute atomic E-state index is 12.7. The van der Waals surface area contributed by atoms with E-state index >= 15 is 0 Å². The quantitative estimate of drug-likeness (QED) is 0.448. The molecule has 0 bridgehead atoms. The average Bonchev–Trinajstić information content (AvgIpc) is 3.05. The molecule has 2 heteroatoms. The van der Waals surface area contributed by atoms with Gasteiger partial charge in [0.05, 0.1) is 0 Å². The van der Waals surface area contributed by atoms with E-state index in [4.69, 9.17) is 0 Å². The van der Waals surface area contributed by atoms with E-state index in [0.29, 0.717) is 11.8 Å². The van der Waals surface area contributed by atoms with Crippen LogP contribution in [0.1, 0.15) is 148 Å². The summed E-state index contributed by atoms with van der Waals surface area (Å²) in [5.74, 6) is 0.871. The predicted molar refractivity (Wildman–Crippen MR) is 137 cm³/mol. The molecule has 0 saturated heterocycles. The molecule has 0 radical (unpaired) electrons. The normalized spacial score (nSPS) is 19.3. The first kappa shape index (κ1) is 23.9. The number of carbonyl (C=O) groups excluding carboxylic acids is 2. The van der Waals surface area contributed by atoms with Gasteiger partial charge in [0.2, 0.25) is 0 Å². The summed E-state index contributed by atoms with van der Waals surface area (Å²) in [5.41, 5.74) is 9.22. The summed E-state index contributed by atoms with van der Waals surface area (Å²) < 4.78 is 0. The van der Waals surface area contributed by atoms with Gasteiger partial charge in [-0.3, -0.25) is 9.59 Å². The summed E-state index contributed by atoms with van der Waals surface area (Å²) in [5, 5.41) is 0. The van der Waals surface area contributed by atoms with E-state index in [1.165, 1.54) is 22.3 Å². The molecule has 4 rings (SSSR count). The molecule has 33 heavy (non-hydrogen) atoms. The topological polar surface area (TPSA) is 34.1 Å². The molecule has 0 heterocycles. The Labute approximate surface area is 200 Å². The number of ketones is 2. The van der Waals surface area contributed by atoms with Crippen LogP contribution in [-0.2, 0) is 16.2 Å². The molecule has 2 aromatic rings.